The number of benzene rings is 1. The SMILES string of the molecule is Cc1cc(CCNC(=O)COc2cccc3c2OC(C)(C)C3)on1. The van der Waals surface area contributed by atoms with Gasteiger partial charge in [0, 0.05) is 31.0 Å². The van der Waals surface area contributed by atoms with Crippen LogP contribution in [0.25, 0.3) is 0 Å². The summed E-state index contributed by atoms with van der Waals surface area (Å²) in [6, 6.07) is 7.62. The van der Waals surface area contributed by atoms with Gasteiger partial charge in [-0.15, -0.1) is 0 Å². The minimum atomic E-state index is -0.237. The summed E-state index contributed by atoms with van der Waals surface area (Å²) in [6.07, 6.45) is 1.44. The molecule has 6 nitrogen and oxygen atoms in total. The van der Waals surface area contributed by atoms with Crippen molar-refractivity contribution in [3.05, 3.63) is 41.3 Å². The highest BCUT2D eigenvalue weighted by Gasteiger charge is 2.32. The molecule has 0 fully saturated rings. The third-order valence-electron chi connectivity index (χ3n) is 3.78. The summed E-state index contributed by atoms with van der Waals surface area (Å²) in [5, 5.41) is 6.61. The van der Waals surface area contributed by atoms with Crippen LogP contribution < -0.4 is 14.8 Å². The summed E-state index contributed by atoms with van der Waals surface area (Å²) >= 11 is 0. The van der Waals surface area contributed by atoms with Crippen molar-refractivity contribution in [2.45, 2.75) is 39.2 Å². The lowest BCUT2D eigenvalue weighted by Gasteiger charge is -2.18. The lowest BCUT2D eigenvalue weighted by molar-refractivity contribution is -0.123. The van der Waals surface area contributed by atoms with Gasteiger partial charge in [-0.1, -0.05) is 17.3 Å². The Labute approximate surface area is 141 Å². The highest BCUT2D eigenvalue weighted by molar-refractivity contribution is 5.77. The number of rotatable bonds is 6. The number of nitrogens with one attached hydrogen (secondary N) is 1. The smallest absolute Gasteiger partial charge is 0.257 e. The van der Waals surface area contributed by atoms with Crippen LogP contribution in [0.2, 0.25) is 0 Å². The van der Waals surface area contributed by atoms with E-state index in [0.29, 0.717) is 18.7 Å². The van der Waals surface area contributed by atoms with E-state index >= 15 is 0 Å². The number of carbonyl (C=O) groups is 1. The summed E-state index contributed by atoms with van der Waals surface area (Å²) in [4.78, 5) is 11.9. The van der Waals surface area contributed by atoms with Gasteiger partial charge in [-0.05, 0) is 26.8 Å². The second-order valence-electron chi connectivity index (χ2n) is 6.61. The first-order chi connectivity index (χ1) is 11.4. The van der Waals surface area contributed by atoms with Crippen molar-refractivity contribution >= 4 is 5.91 Å². The monoisotopic (exact) mass is 330 g/mol. The van der Waals surface area contributed by atoms with Gasteiger partial charge in [-0.2, -0.15) is 0 Å². The lowest BCUT2D eigenvalue weighted by Crippen LogP contribution is -2.30. The van der Waals surface area contributed by atoms with E-state index in [2.05, 4.69) is 10.5 Å². The minimum Gasteiger partial charge on any atom is -0.483 e. The number of carbonyl (C=O) groups excluding carboxylic acids is 1. The third kappa shape index (κ3) is 3.88. The van der Waals surface area contributed by atoms with Gasteiger partial charge >= 0.3 is 0 Å². The van der Waals surface area contributed by atoms with Gasteiger partial charge in [-0.3, -0.25) is 4.79 Å². The fourth-order valence-electron chi connectivity index (χ4n) is 2.75. The van der Waals surface area contributed by atoms with Gasteiger partial charge < -0.3 is 19.3 Å². The van der Waals surface area contributed by atoms with Crippen molar-refractivity contribution in [1.82, 2.24) is 10.5 Å². The second-order valence-corrected chi connectivity index (χ2v) is 6.61. The molecule has 1 aromatic carbocycles. The molecule has 0 radical (unpaired) electrons. The van der Waals surface area contributed by atoms with E-state index in [4.69, 9.17) is 14.0 Å². The predicted molar refractivity (Wildman–Crippen MR) is 88.3 cm³/mol. The molecule has 1 N–H and O–H groups in total. The molecule has 0 unspecified atom stereocenters. The zero-order valence-electron chi connectivity index (χ0n) is 14.2. The molecule has 1 amide bonds. The van der Waals surface area contributed by atoms with Crippen LogP contribution in [0.15, 0.2) is 28.8 Å². The maximum Gasteiger partial charge on any atom is 0.257 e. The largest absolute Gasteiger partial charge is 0.483 e. The molecule has 128 valence electrons. The Morgan fingerprint density at radius 2 is 2.25 bits per heavy atom. The van der Waals surface area contributed by atoms with Gasteiger partial charge in [0.15, 0.2) is 18.1 Å². The molecule has 1 aliphatic rings. The van der Waals surface area contributed by atoms with Crippen molar-refractivity contribution in [3.8, 4) is 11.5 Å². The van der Waals surface area contributed by atoms with E-state index in [0.717, 1.165) is 29.2 Å². The van der Waals surface area contributed by atoms with E-state index in [-0.39, 0.29) is 18.1 Å². The molecule has 0 bridgehead atoms. The number of aromatic nitrogens is 1. The van der Waals surface area contributed by atoms with Crippen molar-refractivity contribution < 1.29 is 18.8 Å². The molecule has 24 heavy (non-hydrogen) atoms. The lowest BCUT2D eigenvalue weighted by atomic mass is 10.0. The van der Waals surface area contributed by atoms with Gasteiger partial charge in [0.25, 0.3) is 5.91 Å². The van der Waals surface area contributed by atoms with Crippen LogP contribution >= 0.6 is 0 Å². The van der Waals surface area contributed by atoms with Crippen LogP contribution in [0.1, 0.15) is 30.9 Å². The molecule has 0 spiro atoms. The maximum atomic E-state index is 11.9. The van der Waals surface area contributed by atoms with Gasteiger partial charge in [-0.25, -0.2) is 0 Å². The Morgan fingerprint density at radius 1 is 1.42 bits per heavy atom. The molecule has 2 aromatic rings. The summed E-state index contributed by atoms with van der Waals surface area (Å²) < 4.78 is 16.7. The Hall–Kier alpha value is -2.50. The Balaban J connectivity index is 1.48. The van der Waals surface area contributed by atoms with E-state index in [1.807, 2.05) is 45.0 Å². The summed E-state index contributed by atoms with van der Waals surface area (Å²) in [7, 11) is 0. The standard InChI is InChI=1S/C18H22N2O4/c1-12-9-14(24-20-12)7-8-19-16(21)11-22-15-6-4-5-13-10-18(2,3)23-17(13)15/h4-6,9H,7-8,10-11H2,1-3H3,(H,19,21). The fraction of sp³-hybridized carbons (Fsp3) is 0.444. The van der Waals surface area contributed by atoms with Crippen LogP contribution in [0.4, 0.5) is 0 Å². The molecule has 1 aliphatic heterocycles. The maximum absolute atomic E-state index is 11.9. The summed E-state index contributed by atoms with van der Waals surface area (Å²) in [6.45, 7) is 6.37. The Bertz CT molecular complexity index is 736. The topological polar surface area (TPSA) is 73.6 Å². The van der Waals surface area contributed by atoms with Crippen LogP contribution in [0.3, 0.4) is 0 Å². The molecule has 2 heterocycles. The van der Waals surface area contributed by atoms with E-state index in [9.17, 15) is 4.79 Å². The number of ether oxygens (including phenoxy) is 2. The number of hydrogen-bond acceptors (Lipinski definition) is 5. The average molecular weight is 330 g/mol. The molecule has 0 saturated carbocycles. The molecule has 1 aromatic heterocycles. The average Bonchev–Trinajstić information content (AvgIpc) is 3.06. The number of nitrogens with zero attached hydrogens (tertiary/aromatic N) is 1. The fourth-order valence-corrected chi connectivity index (χ4v) is 2.75. The van der Waals surface area contributed by atoms with Gasteiger partial charge in [0.1, 0.15) is 11.4 Å². The van der Waals surface area contributed by atoms with Gasteiger partial charge in [0.2, 0.25) is 0 Å². The first kappa shape index (κ1) is 16.4. The van der Waals surface area contributed by atoms with Crippen LogP contribution in [-0.4, -0.2) is 29.8 Å². The van der Waals surface area contributed by atoms with Crippen molar-refractivity contribution in [2.75, 3.05) is 13.2 Å². The van der Waals surface area contributed by atoms with Crippen molar-refractivity contribution in [3.63, 3.8) is 0 Å². The van der Waals surface area contributed by atoms with Crippen molar-refractivity contribution in [2.24, 2.45) is 0 Å². The number of amides is 1. The van der Waals surface area contributed by atoms with Crippen LogP contribution in [0.5, 0.6) is 11.5 Å². The zero-order chi connectivity index (χ0) is 17.2. The molecule has 3 rings (SSSR count). The predicted octanol–water partition coefficient (Wildman–Crippen LogP) is 2.43. The zero-order valence-corrected chi connectivity index (χ0v) is 14.2. The highest BCUT2D eigenvalue weighted by atomic mass is 16.5. The van der Waals surface area contributed by atoms with E-state index in [1.54, 1.807) is 0 Å². The summed E-state index contributed by atoms with van der Waals surface area (Å²) in [5.41, 5.74) is 1.71. The molecule has 0 atom stereocenters. The van der Waals surface area contributed by atoms with E-state index in [1.165, 1.54) is 0 Å². The second kappa shape index (κ2) is 6.55. The quantitative estimate of drug-likeness (QED) is 0.880. The number of para-hydroxylation sites is 1. The van der Waals surface area contributed by atoms with Crippen LogP contribution in [-0.2, 0) is 17.6 Å². The molecule has 0 saturated heterocycles. The third-order valence-corrected chi connectivity index (χ3v) is 3.78. The van der Waals surface area contributed by atoms with Gasteiger partial charge in [0.05, 0.1) is 5.69 Å². The minimum absolute atomic E-state index is 0.0460. The van der Waals surface area contributed by atoms with E-state index < -0.39 is 0 Å². The number of aryl methyl sites for hydroxylation is 1. The Morgan fingerprint density at radius 3 is 3.00 bits per heavy atom. The summed E-state index contributed by atoms with van der Waals surface area (Å²) in [5.74, 6) is 1.93. The molecular formula is C18H22N2O4. The normalized spacial score (nSPS) is 14.8. The Kier molecular flexibility index (Phi) is 4.46. The molecule has 6 heteroatoms. The molecule has 0 aliphatic carbocycles. The first-order valence-electron chi connectivity index (χ1n) is 8.05. The first-order valence-corrected chi connectivity index (χ1v) is 8.05. The van der Waals surface area contributed by atoms with Crippen molar-refractivity contribution in [1.29, 1.82) is 0 Å². The number of fused-ring (bicyclic) bond motifs is 1. The molecular weight excluding hydrogens is 308 g/mol. The highest BCUT2D eigenvalue weighted by Crippen LogP contribution is 2.41. The number of hydrogen-bond donors (Lipinski definition) is 1. The van der Waals surface area contributed by atoms with Crippen LogP contribution in [0, 0.1) is 6.92 Å².